The SMILES string of the molecule is C#CCCCNCc1ccc(CSC)o1. The van der Waals surface area contributed by atoms with Gasteiger partial charge >= 0.3 is 0 Å². The summed E-state index contributed by atoms with van der Waals surface area (Å²) in [6.45, 7) is 1.74. The maximum atomic E-state index is 5.61. The van der Waals surface area contributed by atoms with Crippen molar-refractivity contribution in [3.63, 3.8) is 0 Å². The molecule has 0 saturated carbocycles. The van der Waals surface area contributed by atoms with Crippen LogP contribution < -0.4 is 5.32 Å². The number of thioether (sulfide) groups is 1. The highest BCUT2D eigenvalue weighted by atomic mass is 32.2. The van der Waals surface area contributed by atoms with E-state index in [1.165, 1.54) is 0 Å². The van der Waals surface area contributed by atoms with Crippen molar-refractivity contribution in [3.05, 3.63) is 23.7 Å². The molecule has 0 amide bonds. The zero-order chi connectivity index (χ0) is 10.9. The smallest absolute Gasteiger partial charge is 0.117 e. The first-order chi connectivity index (χ1) is 7.36. The minimum atomic E-state index is 0.791. The van der Waals surface area contributed by atoms with Gasteiger partial charge in [0, 0.05) is 6.42 Å². The molecule has 2 nitrogen and oxygen atoms in total. The lowest BCUT2D eigenvalue weighted by Gasteiger charge is -2.00. The Kier molecular flexibility index (Phi) is 6.06. The summed E-state index contributed by atoms with van der Waals surface area (Å²) < 4.78 is 5.61. The van der Waals surface area contributed by atoms with Gasteiger partial charge in [-0.3, -0.25) is 0 Å². The highest BCUT2D eigenvalue weighted by molar-refractivity contribution is 7.97. The first-order valence-corrected chi connectivity index (χ1v) is 6.47. The molecule has 1 aromatic heterocycles. The van der Waals surface area contributed by atoms with Gasteiger partial charge < -0.3 is 9.73 Å². The third kappa shape index (κ3) is 4.96. The lowest BCUT2D eigenvalue weighted by molar-refractivity contribution is 0.459. The highest BCUT2D eigenvalue weighted by Crippen LogP contribution is 2.13. The first-order valence-electron chi connectivity index (χ1n) is 5.07. The normalized spacial score (nSPS) is 10.1. The third-order valence-electron chi connectivity index (χ3n) is 1.98. The zero-order valence-corrected chi connectivity index (χ0v) is 9.90. The van der Waals surface area contributed by atoms with Crippen LogP contribution in [0.25, 0.3) is 0 Å². The molecule has 0 radical (unpaired) electrons. The number of hydrogen-bond acceptors (Lipinski definition) is 3. The zero-order valence-electron chi connectivity index (χ0n) is 9.08. The summed E-state index contributed by atoms with van der Waals surface area (Å²) in [5.41, 5.74) is 0. The van der Waals surface area contributed by atoms with Gasteiger partial charge in [0.2, 0.25) is 0 Å². The molecule has 0 aliphatic heterocycles. The van der Waals surface area contributed by atoms with Gasteiger partial charge in [-0.2, -0.15) is 11.8 Å². The van der Waals surface area contributed by atoms with Crippen molar-refractivity contribution >= 4 is 11.8 Å². The summed E-state index contributed by atoms with van der Waals surface area (Å²) in [6.07, 6.45) is 9.09. The standard InChI is InChI=1S/C12H17NOS/c1-3-4-5-8-13-9-11-6-7-12(14-11)10-15-2/h1,6-7,13H,4-5,8-10H2,2H3. The van der Waals surface area contributed by atoms with Crippen molar-refractivity contribution in [2.75, 3.05) is 12.8 Å². The lowest BCUT2D eigenvalue weighted by atomic mass is 10.3. The summed E-state index contributed by atoms with van der Waals surface area (Å²) >= 11 is 1.77. The summed E-state index contributed by atoms with van der Waals surface area (Å²) in [4.78, 5) is 0. The Morgan fingerprint density at radius 1 is 1.47 bits per heavy atom. The molecule has 0 saturated heterocycles. The topological polar surface area (TPSA) is 25.2 Å². The van der Waals surface area contributed by atoms with Crippen LogP contribution in [0.1, 0.15) is 24.4 Å². The van der Waals surface area contributed by atoms with Gasteiger partial charge in [-0.1, -0.05) is 0 Å². The molecule has 0 bridgehead atoms. The fourth-order valence-corrected chi connectivity index (χ4v) is 1.70. The average Bonchev–Trinajstić information content (AvgIpc) is 2.66. The fourth-order valence-electron chi connectivity index (χ4n) is 1.26. The Balaban J connectivity index is 2.17. The summed E-state index contributed by atoms with van der Waals surface area (Å²) in [7, 11) is 0. The number of rotatable bonds is 7. The Morgan fingerprint density at radius 3 is 3.00 bits per heavy atom. The maximum Gasteiger partial charge on any atom is 0.117 e. The summed E-state index contributed by atoms with van der Waals surface area (Å²) in [6, 6.07) is 4.06. The minimum absolute atomic E-state index is 0.791. The predicted molar refractivity (Wildman–Crippen MR) is 65.7 cm³/mol. The van der Waals surface area contributed by atoms with Gasteiger partial charge in [-0.25, -0.2) is 0 Å². The van der Waals surface area contributed by atoms with Crippen molar-refractivity contribution < 1.29 is 4.42 Å². The van der Waals surface area contributed by atoms with E-state index in [9.17, 15) is 0 Å². The van der Waals surface area contributed by atoms with E-state index in [0.717, 1.165) is 43.2 Å². The van der Waals surface area contributed by atoms with Gasteiger partial charge in [0.15, 0.2) is 0 Å². The molecule has 1 N–H and O–H groups in total. The van der Waals surface area contributed by atoms with Crippen LogP contribution in [0.4, 0.5) is 0 Å². The van der Waals surface area contributed by atoms with Gasteiger partial charge in [0.25, 0.3) is 0 Å². The lowest BCUT2D eigenvalue weighted by Crippen LogP contribution is -2.13. The van der Waals surface area contributed by atoms with Gasteiger partial charge in [-0.15, -0.1) is 12.3 Å². The number of nitrogens with one attached hydrogen (secondary N) is 1. The van der Waals surface area contributed by atoms with Crippen LogP contribution in [-0.4, -0.2) is 12.8 Å². The summed E-state index contributed by atoms with van der Waals surface area (Å²) in [5.74, 6) is 5.61. The molecule has 0 atom stereocenters. The van der Waals surface area contributed by atoms with E-state index in [-0.39, 0.29) is 0 Å². The Morgan fingerprint density at radius 2 is 2.27 bits per heavy atom. The Hall–Kier alpha value is -0.850. The van der Waals surface area contributed by atoms with Crippen molar-refractivity contribution in [2.45, 2.75) is 25.1 Å². The predicted octanol–water partition coefficient (Wildman–Crippen LogP) is 2.65. The quantitative estimate of drug-likeness (QED) is 0.568. The Labute approximate surface area is 95.8 Å². The van der Waals surface area contributed by atoms with E-state index in [2.05, 4.69) is 17.5 Å². The van der Waals surface area contributed by atoms with E-state index in [4.69, 9.17) is 10.8 Å². The molecular weight excluding hydrogens is 206 g/mol. The second-order valence-electron chi connectivity index (χ2n) is 3.29. The number of terminal acetylenes is 1. The molecule has 82 valence electrons. The van der Waals surface area contributed by atoms with Gasteiger partial charge in [0.1, 0.15) is 11.5 Å². The first kappa shape index (κ1) is 12.2. The number of furan rings is 1. The fraction of sp³-hybridized carbons (Fsp3) is 0.500. The van der Waals surface area contributed by atoms with Crippen LogP contribution in [0.5, 0.6) is 0 Å². The Bertz CT molecular complexity index is 314. The molecule has 1 aromatic rings. The molecule has 0 unspecified atom stereocenters. The second kappa shape index (κ2) is 7.44. The van der Waals surface area contributed by atoms with Gasteiger partial charge in [-0.05, 0) is 31.4 Å². The molecule has 0 fully saturated rings. The molecular formula is C12H17NOS. The monoisotopic (exact) mass is 223 g/mol. The van der Waals surface area contributed by atoms with Crippen LogP contribution in [-0.2, 0) is 12.3 Å². The summed E-state index contributed by atoms with van der Waals surface area (Å²) in [5, 5.41) is 3.30. The molecule has 1 heterocycles. The maximum absolute atomic E-state index is 5.61. The third-order valence-corrected chi connectivity index (χ3v) is 2.55. The molecule has 0 aromatic carbocycles. The van der Waals surface area contributed by atoms with Crippen LogP contribution in [0.3, 0.4) is 0 Å². The van der Waals surface area contributed by atoms with Crippen LogP contribution >= 0.6 is 11.8 Å². The van der Waals surface area contributed by atoms with E-state index in [0.29, 0.717) is 0 Å². The van der Waals surface area contributed by atoms with E-state index < -0.39 is 0 Å². The average molecular weight is 223 g/mol. The minimum Gasteiger partial charge on any atom is -0.464 e. The van der Waals surface area contributed by atoms with Gasteiger partial charge in [0.05, 0.1) is 12.3 Å². The van der Waals surface area contributed by atoms with Crippen molar-refractivity contribution in [1.82, 2.24) is 5.32 Å². The van der Waals surface area contributed by atoms with Crippen molar-refractivity contribution in [3.8, 4) is 12.3 Å². The van der Waals surface area contributed by atoms with Crippen LogP contribution in [0.15, 0.2) is 16.5 Å². The van der Waals surface area contributed by atoms with Crippen molar-refractivity contribution in [2.24, 2.45) is 0 Å². The molecule has 0 aliphatic carbocycles. The van der Waals surface area contributed by atoms with Crippen LogP contribution in [0.2, 0.25) is 0 Å². The van der Waals surface area contributed by atoms with E-state index in [1.807, 2.05) is 12.1 Å². The van der Waals surface area contributed by atoms with Crippen LogP contribution in [0, 0.1) is 12.3 Å². The largest absolute Gasteiger partial charge is 0.464 e. The number of unbranched alkanes of at least 4 members (excludes halogenated alkanes) is 1. The number of hydrogen-bond donors (Lipinski definition) is 1. The van der Waals surface area contributed by atoms with E-state index >= 15 is 0 Å². The molecule has 15 heavy (non-hydrogen) atoms. The molecule has 3 heteroatoms. The van der Waals surface area contributed by atoms with Crippen molar-refractivity contribution in [1.29, 1.82) is 0 Å². The molecule has 0 aliphatic rings. The molecule has 1 rings (SSSR count). The van der Waals surface area contributed by atoms with E-state index in [1.54, 1.807) is 11.8 Å². The highest BCUT2D eigenvalue weighted by Gasteiger charge is 2.00. The molecule has 0 spiro atoms. The second-order valence-corrected chi connectivity index (χ2v) is 4.15.